The van der Waals surface area contributed by atoms with Gasteiger partial charge in [-0.25, -0.2) is 0 Å². The molecule has 2 atom stereocenters. The first kappa shape index (κ1) is 19.3. The molecular formula is C21H33N3O2. The maximum atomic E-state index is 12.8. The molecule has 0 unspecified atom stereocenters. The number of likely N-dealkylation sites (tertiary alicyclic amines) is 1. The quantitative estimate of drug-likeness (QED) is 0.836. The van der Waals surface area contributed by atoms with Crippen molar-refractivity contribution < 1.29 is 9.90 Å². The maximum Gasteiger partial charge on any atom is 0.227 e. The number of piperidine rings is 1. The Bertz CT molecular complexity index is 558. The van der Waals surface area contributed by atoms with Crippen LogP contribution in [0.25, 0.3) is 0 Å². The van der Waals surface area contributed by atoms with E-state index >= 15 is 0 Å². The van der Waals surface area contributed by atoms with Gasteiger partial charge < -0.3 is 14.9 Å². The molecule has 0 saturated carbocycles. The zero-order chi connectivity index (χ0) is 18.4. The summed E-state index contributed by atoms with van der Waals surface area (Å²) in [6.45, 7) is 6.42. The number of piperazine rings is 1. The van der Waals surface area contributed by atoms with E-state index in [1.54, 1.807) is 0 Å². The van der Waals surface area contributed by atoms with Gasteiger partial charge in [0, 0.05) is 51.9 Å². The largest absolute Gasteiger partial charge is 0.396 e. The Hall–Kier alpha value is -1.43. The van der Waals surface area contributed by atoms with Crippen LogP contribution < -0.4 is 0 Å². The van der Waals surface area contributed by atoms with Crippen LogP contribution in [0.2, 0.25) is 0 Å². The van der Waals surface area contributed by atoms with Gasteiger partial charge in [-0.05, 0) is 37.8 Å². The van der Waals surface area contributed by atoms with E-state index < -0.39 is 0 Å². The minimum absolute atomic E-state index is 0.238. The summed E-state index contributed by atoms with van der Waals surface area (Å²) in [6, 6.07) is 10.6. The number of amides is 1. The first-order chi connectivity index (χ1) is 12.7. The molecule has 2 fully saturated rings. The van der Waals surface area contributed by atoms with Crippen LogP contribution in [0.5, 0.6) is 0 Å². The number of rotatable bonds is 6. The molecule has 3 rings (SSSR count). The van der Waals surface area contributed by atoms with Gasteiger partial charge in [-0.15, -0.1) is 0 Å². The highest BCUT2D eigenvalue weighted by atomic mass is 16.3. The summed E-state index contributed by atoms with van der Waals surface area (Å²) in [7, 11) is 2.19. The first-order valence-electron chi connectivity index (χ1n) is 10.0. The van der Waals surface area contributed by atoms with Gasteiger partial charge in [0.25, 0.3) is 0 Å². The number of likely N-dealkylation sites (N-methyl/N-ethyl adjacent to an activating group) is 1. The molecule has 0 radical (unpaired) electrons. The molecule has 1 N–H and O–H groups in total. The fourth-order valence-corrected chi connectivity index (χ4v) is 4.40. The number of aliphatic hydroxyl groups is 1. The van der Waals surface area contributed by atoms with Crippen LogP contribution in [0.1, 0.15) is 24.8 Å². The highest BCUT2D eigenvalue weighted by molar-refractivity contribution is 5.78. The van der Waals surface area contributed by atoms with E-state index in [0.29, 0.717) is 18.4 Å². The number of carbonyl (C=O) groups excluding carboxylic acids is 1. The van der Waals surface area contributed by atoms with Crippen LogP contribution in [0.3, 0.4) is 0 Å². The molecule has 1 amide bonds. The molecule has 144 valence electrons. The molecule has 0 aliphatic carbocycles. The molecule has 0 aromatic heterocycles. The summed E-state index contributed by atoms with van der Waals surface area (Å²) in [4.78, 5) is 19.8. The number of nitrogens with zero attached hydrogens (tertiary/aromatic N) is 3. The molecule has 0 bridgehead atoms. The van der Waals surface area contributed by atoms with Gasteiger partial charge in [-0.3, -0.25) is 9.69 Å². The Morgan fingerprint density at radius 1 is 1.12 bits per heavy atom. The SMILES string of the molecule is CN1CCN([C@H]2CCN(C(=O)Cc3ccccc3)C[C@H]2CCCO)CC1. The monoisotopic (exact) mass is 359 g/mol. The van der Waals surface area contributed by atoms with Gasteiger partial charge in [0.05, 0.1) is 6.42 Å². The molecule has 2 saturated heterocycles. The van der Waals surface area contributed by atoms with Crippen molar-refractivity contribution in [1.82, 2.24) is 14.7 Å². The summed E-state index contributed by atoms with van der Waals surface area (Å²) >= 11 is 0. The van der Waals surface area contributed by atoms with E-state index in [4.69, 9.17) is 0 Å². The van der Waals surface area contributed by atoms with Crippen molar-refractivity contribution in [2.45, 2.75) is 31.7 Å². The second-order valence-electron chi connectivity index (χ2n) is 7.82. The molecule has 2 aliphatic heterocycles. The van der Waals surface area contributed by atoms with Crippen LogP contribution in [-0.2, 0) is 11.2 Å². The Morgan fingerprint density at radius 3 is 2.54 bits per heavy atom. The van der Waals surface area contributed by atoms with Crippen LogP contribution in [-0.4, -0.2) is 84.7 Å². The average molecular weight is 360 g/mol. The van der Waals surface area contributed by atoms with Crippen molar-refractivity contribution in [1.29, 1.82) is 0 Å². The summed E-state index contributed by atoms with van der Waals surface area (Å²) < 4.78 is 0. The topological polar surface area (TPSA) is 47.0 Å². The van der Waals surface area contributed by atoms with Gasteiger partial charge >= 0.3 is 0 Å². The van der Waals surface area contributed by atoms with Crippen molar-refractivity contribution in [3.8, 4) is 0 Å². The van der Waals surface area contributed by atoms with Crippen molar-refractivity contribution in [2.75, 3.05) is 52.9 Å². The third kappa shape index (κ3) is 5.06. The predicted molar refractivity (Wildman–Crippen MR) is 104 cm³/mol. The van der Waals surface area contributed by atoms with Crippen molar-refractivity contribution in [3.05, 3.63) is 35.9 Å². The van der Waals surface area contributed by atoms with Crippen LogP contribution in [0.15, 0.2) is 30.3 Å². The van der Waals surface area contributed by atoms with Gasteiger partial charge in [0.2, 0.25) is 5.91 Å². The van der Waals surface area contributed by atoms with E-state index in [1.165, 1.54) is 0 Å². The number of hydrogen-bond donors (Lipinski definition) is 1. The Morgan fingerprint density at radius 2 is 1.85 bits per heavy atom. The van der Waals surface area contributed by atoms with E-state index in [2.05, 4.69) is 21.7 Å². The number of hydrogen-bond acceptors (Lipinski definition) is 4. The van der Waals surface area contributed by atoms with Gasteiger partial charge in [-0.1, -0.05) is 30.3 Å². The van der Waals surface area contributed by atoms with E-state index in [9.17, 15) is 9.90 Å². The molecule has 1 aromatic rings. The minimum atomic E-state index is 0.238. The van der Waals surface area contributed by atoms with Gasteiger partial charge in [0.1, 0.15) is 0 Å². The molecular weight excluding hydrogens is 326 g/mol. The number of aliphatic hydroxyl groups excluding tert-OH is 1. The zero-order valence-electron chi connectivity index (χ0n) is 16.0. The third-order valence-electron chi connectivity index (χ3n) is 5.98. The third-order valence-corrected chi connectivity index (χ3v) is 5.98. The molecule has 5 heteroatoms. The lowest BCUT2D eigenvalue weighted by Crippen LogP contribution is -2.57. The predicted octanol–water partition coefficient (Wildman–Crippen LogP) is 1.47. The fourth-order valence-electron chi connectivity index (χ4n) is 4.40. The summed E-state index contributed by atoms with van der Waals surface area (Å²) in [5.74, 6) is 0.709. The summed E-state index contributed by atoms with van der Waals surface area (Å²) in [5, 5.41) is 9.30. The molecule has 1 aromatic carbocycles. The number of benzene rings is 1. The molecule has 5 nitrogen and oxygen atoms in total. The van der Waals surface area contributed by atoms with Crippen LogP contribution in [0, 0.1) is 5.92 Å². The summed E-state index contributed by atoms with van der Waals surface area (Å²) in [6.07, 6.45) is 3.38. The summed E-state index contributed by atoms with van der Waals surface area (Å²) in [5.41, 5.74) is 1.09. The Kier molecular flexibility index (Phi) is 7.06. The molecule has 2 heterocycles. The highest BCUT2D eigenvalue weighted by Crippen LogP contribution is 2.27. The standard InChI is InChI=1S/C21H33N3O2/c1-22-11-13-23(14-12-22)20-9-10-24(17-19(20)8-5-15-25)21(26)16-18-6-3-2-4-7-18/h2-4,6-7,19-20,25H,5,8-17H2,1H3/t19-,20+/m1/s1. The Balaban J connectivity index is 1.60. The number of carbonyl (C=O) groups is 1. The molecule has 0 spiro atoms. The van der Waals surface area contributed by atoms with E-state index in [-0.39, 0.29) is 12.5 Å². The maximum absolute atomic E-state index is 12.8. The van der Waals surface area contributed by atoms with Crippen molar-refractivity contribution in [3.63, 3.8) is 0 Å². The van der Waals surface area contributed by atoms with Gasteiger partial charge in [-0.2, -0.15) is 0 Å². The van der Waals surface area contributed by atoms with E-state index in [1.807, 2.05) is 30.3 Å². The van der Waals surface area contributed by atoms with Gasteiger partial charge in [0.15, 0.2) is 0 Å². The average Bonchev–Trinajstić information content (AvgIpc) is 2.67. The van der Waals surface area contributed by atoms with Crippen LogP contribution >= 0.6 is 0 Å². The highest BCUT2D eigenvalue weighted by Gasteiger charge is 2.35. The lowest BCUT2D eigenvalue weighted by atomic mass is 9.86. The minimum Gasteiger partial charge on any atom is -0.396 e. The normalized spacial score (nSPS) is 25.4. The first-order valence-corrected chi connectivity index (χ1v) is 10.0. The zero-order valence-corrected chi connectivity index (χ0v) is 16.0. The van der Waals surface area contributed by atoms with Crippen molar-refractivity contribution in [2.24, 2.45) is 5.92 Å². The van der Waals surface area contributed by atoms with Crippen LogP contribution in [0.4, 0.5) is 0 Å². The lowest BCUT2D eigenvalue weighted by Gasteiger charge is -2.46. The fraction of sp³-hybridized carbons (Fsp3) is 0.667. The smallest absolute Gasteiger partial charge is 0.227 e. The second kappa shape index (κ2) is 9.49. The Labute approximate surface area is 157 Å². The molecule has 2 aliphatic rings. The molecule has 26 heavy (non-hydrogen) atoms. The van der Waals surface area contributed by atoms with E-state index in [0.717, 1.165) is 64.1 Å². The van der Waals surface area contributed by atoms with Crippen molar-refractivity contribution >= 4 is 5.91 Å². The second-order valence-corrected chi connectivity index (χ2v) is 7.82. The lowest BCUT2D eigenvalue weighted by molar-refractivity contribution is -0.133.